The number of halogens is 1. The molecule has 2 rings (SSSR count). The monoisotopic (exact) mass is 282 g/mol. The summed E-state index contributed by atoms with van der Waals surface area (Å²) in [5.74, 6) is 0.227. The van der Waals surface area contributed by atoms with Crippen molar-refractivity contribution in [3.8, 4) is 0 Å². The molecule has 2 heterocycles. The van der Waals surface area contributed by atoms with Crippen LogP contribution in [-0.2, 0) is 0 Å². The summed E-state index contributed by atoms with van der Waals surface area (Å²) in [6.45, 7) is 5.01. The molecule has 1 aliphatic heterocycles. The van der Waals surface area contributed by atoms with Crippen LogP contribution in [0.25, 0.3) is 0 Å². The smallest absolute Gasteiger partial charge is 0.250 e. The number of nitrogens with zero attached hydrogens (tertiary/aromatic N) is 3. The van der Waals surface area contributed by atoms with Gasteiger partial charge in [0.2, 0.25) is 5.91 Å². The van der Waals surface area contributed by atoms with E-state index < -0.39 is 5.91 Å². The fraction of sp³-hybridized carbons (Fsp3) is 0.538. The molecule has 5 nitrogen and oxygen atoms in total. The van der Waals surface area contributed by atoms with E-state index in [1.54, 1.807) is 6.07 Å². The first kappa shape index (κ1) is 14.1. The highest BCUT2D eigenvalue weighted by Gasteiger charge is 2.27. The number of carbonyl (C=O) groups excluding carboxylic acids is 1. The van der Waals surface area contributed by atoms with E-state index in [0.29, 0.717) is 16.6 Å². The Morgan fingerprint density at radius 3 is 3.00 bits per heavy atom. The number of rotatable bonds is 4. The minimum atomic E-state index is -0.508. The minimum absolute atomic E-state index is 0.343. The van der Waals surface area contributed by atoms with Gasteiger partial charge in [-0.05, 0) is 26.1 Å². The van der Waals surface area contributed by atoms with E-state index in [4.69, 9.17) is 17.3 Å². The van der Waals surface area contributed by atoms with Gasteiger partial charge in [-0.25, -0.2) is 4.98 Å². The van der Waals surface area contributed by atoms with Crippen LogP contribution in [0.2, 0.25) is 5.02 Å². The molecule has 19 heavy (non-hydrogen) atoms. The van der Waals surface area contributed by atoms with Gasteiger partial charge >= 0.3 is 0 Å². The Bertz CT molecular complexity index is 480. The van der Waals surface area contributed by atoms with Gasteiger partial charge in [0, 0.05) is 25.3 Å². The van der Waals surface area contributed by atoms with Crippen molar-refractivity contribution in [2.45, 2.75) is 19.4 Å². The molecule has 1 aromatic heterocycles. The molecular formula is C13H19ClN4O. The second kappa shape index (κ2) is 5.75. The molecular weight excluding hydrogens is 264 g/mol. The molecule has 0 aliphatic carbocycles. The van der Waals surface area contributed by atoms with E-state index in [0.717, 1.165) is 31.9 Å². The average molecular weight is 283 g/mol. The van der Waals surface area contributed by atoms with Crippen molar-refractivity contribution in [3.05, 3.63) is 22.8 Å². The predicted octanol–water partition coefficient (Wildman–Crippen LogP) is 1.36. The van der Waals surface area contributed by atoms with E-state index in [1.165, 1.54) is 6.20 Å². The van der Waals surface area contributed by atoms with E-state index >= 15 is 0 Å². The maximum atomic E-state index is 11.1. The Morgan fingerprint density at radius 1 is 1.68 bits per heavy atom. The summed E-state index contributed by atoms with van der Waals surface area (Å²) in [6.07, 6.45) is 2.58. The van der Waals surface area contributed by atoms with Gasteiger partial charge in [-0.15, -0.1) is 0 Å². The van der Waals surface area contributed by atoms with Gasteiger partial charge in [-0.1, -0.05) is 18.5 Å². The molecule has 0 radical (unpaired) electrons. The Hall–Kier alpha value is -1.33. The number of hydrogen-bond acceptors (Lipinski definition) is 4. The van der Waals surface area contributed by atoms with Crippen LogP contribution < -0.4 is 10.6 Å². The van der Waals surface area contributed by atoms with Crippen LogP contribution in [0.1, 0.15) is 23.7 Å². The van der Waals surface area contributed by atoms with Crippen molar-refractivity contribution in [2.24, 2.45) is 5.73 Å². The zero-order chi connectivity index (χ0) is 14.0. The molecule has 0 saturated carbocycles. The zero-order valence-corrected chi connectivity index (χ0v) is 12.0. The van der Waals surface area contributed by atoms with Crippen LogP contribution in [-0.4, -0.2) is 48.5 Å². The molecule has 0 spiro atoms. The van der Waals surface area contributed by atoms with Crippen molar-refractivity contribution in [1.29, 1.82) is 0 Å². The molecule has 2 N–H and O–H groups in total. The second-order valence-corrected chi connectivity index (χ2v) is 5.26. The standard InChI is InChI=1S/C13H19ClN4O/c1-3-17(2)10-4-5-18(8-10)13-11(14)6-9(7-16-13)12(15)19/h6-7,10H,3-5,8H2,1-2H3,(H2,15,19). The summed E-state index contributed by atoms with van der Waals surface area (Å²) < 4.78 is 0. The van der Waals surface area contributed by atoms with Crippen LogP contribution in [0.3, 0.4) is 0 Å². The molecule has 0 bridgehead atoms. The fourth-order valence-electron chi connectivity index (χ4n) is 2.35. The highest BCUT2D eigenvalue weighted by Crippen LogP contribution is 2.28. The van der Waals surface area contributed by atoms with Gasteiger partial charge in [-0.2, -0.15) is 0 Å². The Morgan fingerprint density at radius 2 is 2.42 bits per heavy atom. The van der Waals surface area contributed by atoms with Crippen LogP contribution in [0.4, 0.5) is 5.82 Å². The summed E-state index contributed by atoms with van der Waals surface area (Å²) >= 11 is 6.19. The van der Waals surface area contributed by atoms with Gasteiger partial charge < -0.3 is 15.5 Å². The molecule has 1 atom stereocenters. The number of likely N-dealkylation sites (N-methyl/N-ethyl adjacent to an activating group) is 1. The summed E-state index contributed by atoms with van der Waals surface area (Å²) in [5.41, 5.74) is 5.55. The first-order chi connectivity index (χ1) is 9.02. The van der Waals surface area contributed by atoms with Crippen LogP contribution in [0.5, 0.6) is 0 Å². The lowest BCUT2D eigenvalue weighted by Gasteiger charge is -2.23. The Labute approximate surface area is 118 Å². The molecule has 1 amide bonds. The molecule has 1 unspecified atom stereocenters. The van der Waals surface area contributed by atoms with Gasteiger partial charge in [0.15, 0.2) is 0 Å². The van der Waals surface area contributed by atoms with Crippen molar-refractivity contribution < 1.29 is 4.79 Å². The summed E-state index contributed by atoms with van der Waals surface area (Å²) in [5, 5.41) is 0.483. The van der Waals surface area contributed by atoms with E-state index in [9.17, 15) is 4.79 Å². The summed E-state index contributed by atoms with van der Waals surface area (Å²) in [7, 11) is 2.12. The van der Waals surface area contributed by atoms with Crippen molar-refractivity contribution in [2.75, 3.05) is 31.6 Å². The van der Waals surface area contributed by atoms with Crippen LogP contribution in [0.15, 0.2) is 12.3 Å². The lowest BCUT2D eigenvalue weighted by molar-refractivity contribution is 0.1000. The molecule has 1 aromatic rings. The third-order valence-corrected chi connectivity index (χ3v) is 3.97. The van der Waals surface area contributed by atoms with E-state index in [2.05, 4.69) is 28.8 Å². The number of aromatic nitrogens is 1. The quantitative estimate of drug-likeness (QED) is 0.906. The highest BCUT2D eigenvalue weighted by atomic mass is 35.5. The lowest BCUT2D eigenvalue weighted by atomic mass is 10.2. The summed E-state index contributed by atoms with van der Waals surface area (Å²) in [4.78, 5) is 19.8. The Balaban J connectivity index is 2.13. The van der Waals surface area contributed by atoms with Gasteiger partial charge in [-0.3, -0.25) is 4.79 Å². The topological polar surface area (TPSA) is 62.5 Å². The minimum Gasteiger partial charge on any atom is -0.366 e. The first-order valence-corrected chi connectivity index (χ1v) is 6.81. The number of primary amides is 1. The molecule has 104 valence electrons. The maximum Gasteiger partial charge on any atom is 0.250 e. The third kappa shape index (κ3) is 2.98. The number of hydrogen-bond donors (Lipinski definition) is 1. The maximum absolute atomic E-state index is 11.1. The highest BCUT2D eigenvalue weighted by molar-refractivity contribution is 6.33. The SMILES string of the molecule is CCN(C)C1CCN(c2ncc(C(N)=O)cc2Cl)C1. The van der Waals surface area contributed by atoms with Crippen LogP contribution in [0, 0.1) is 0 Å². The van der Waals surface area contributed by atoms with Crippen LogP contribution >= 0.6 is 11.6 Å². The van der Waals surface area contributed by atoms with Crippen molar-refractivity contribution in [3.63, 3.8) is 0 Å². The molecule has 1 aliphatic rings. The number of nitrogens with two attached hydrogens (primary N) is 1. The van der Waals surface area contributed by atoms with Gasteiger partial charge in [0.1, 0.15) is 5.82 Å². The largest absolute Gasteiger partial charge is 0.366 e. The van der Waals surface area contributed by atoms with Gasteiger partial charge in [0.05, 0.1) is 10.6 Å². The summed E-state index contributed by atoms with van der Waals surface area (Å²) in [6, 6.07) is 2.11. The van der Waals surface area contributed by atoms with E-state index in [1.807, 2.05) is 0 Å². The lowest BCUT2D eigenvalue weighted by Crippen LogP contribution is -2.34. The number of anilines is 1. The first-order valence-electron chi connectivity index (χ1n) is 6.43. The van der Waals surface area contributed by atoms with Gasteiger partial charge in [0.25, 0.3) is 0 Å². The average Bonchev–Trinajstić information content (AvgIpc) is 2.87. The van der Waals surface area contributed by atoms with Crippen molar-refractivity contribution >= 4 is 23.3 Å². The molecule has 1 fully saturated rings. The molecule has 0 aromatic carbocycles. The fourth-order valence-corrected chi connectivity index (χ4v) is 2.64. The third-order valence-electron chi connectivity index (χ3n) is 3.69. The van der Waals surface area contributed by atoms with E-state index in [-0.39, 0.29) is 0 Å². The second-order valence-electron chi connectivity index (χ2n) is 4.86. The number of carbonyl (C=O) groups is 1. The number of amides is 1. The zero-order valence-electron chi connectivity index (χ0n) is 11.3. The normalized spacial score (nSPS) is 19.2. The molecule has 1 saturated heterocycles. The Kier molecular flexibility index (Phi) is 4.27. The predicted molar refractivity (Wildman–Crippen MR) is 76.7 cm³/mol. The van der Waals surface area contributed by atoms with Crippen molar-refractivity contribution in [1.82, 2.24) is 9.88 Å². The molecule has 6 heteroatoms. The number of pyridine rings is 1.